The molecule has 1 amide bonds. The summed E-state index contributed by atoms with van der Waals surface area (Å²) in [6.45, 7) is 5.09. The number of hydrogen-bond donors (Lipinski definition) is 0. The highest BCUT2D eigenvalue weighted by Gasteiger charge is 2.26. The van der Waals surface area contributed by atoms with Crippen LogP contribution < -0.4 is 9.64 Å². The number of methoxy groups -OCH3 is 1. The highest BCUT2D eigenvalue weighted by atomic mass is 16.5. The average Bonchev–Trinajstić information content (AvgIpc) is 2.47. The first-order chi connectivity index (χ1) is 9.69. The Hall–Kier alpha value is -1.51. The molecule has 1 aromatic rings. The van der Waals surface area contributed by atoms with E-state index in [-0.39, 0.29) is 5.91 Å². The molecule has 1 aromatic carbocycles. The largest absolute Gasteiger partial charge is 0.495 e. The lowest BCUT2D eigenvalue weighted by Crippen LogP contribution is -2.36. The number of anilines is 1. The van der Waals surface area contributed by atoms with Gasteiger partial charge < -0.3 is 9.64 Å². The van der Waals surface area contributed by atoms with Crippen molar-refractivity contribution >= 4 is 11.6 Å². The monoisotopic (exact) mass is 275 g/mol. The smallest absolute Gasteiger partial charge is 0.227 e. The van der Waals surface area contributed by atoms with E-state index in [9.17, 15) is 4.79 Å². The third kappa shape index (κ3) is 2.97. The molecule has 0 fully saturated rings. The molecule has 1 aliphatic rings. The molecule has 2 rings (SSSR count). The summed E-state index contributed by atoms with van der Waals surface area (Å²) in [5.41, 5.74) is 3.55. The molecule has 0 saturated heterocycles. The van der Waals surface area contributed by atoms with Crippen LogP contribution in [0.4, 0.5) is 5.69 Å². The van der Waals surface area contributed by atoms with Gasteiger partial charge in [0, 0.05) is 13.0 Å². The van der Waals surface area contributed by atoms with Gasteiger partial charge in [0.25, 0.3) is 0 Å². The topological polar surface area (TPSA) is 29.5 Å². The van der Waals surface area contributed by atoms with Crippen LogP contribution in [0.1, 0.15) is 50.2 Å². The van der Waals surface area contributed by atoms with Crippen LogP contribution in [0.25, 0.3) is 0 Å². The summed E-state index contributed by atoms with van der Waals surface area (Å²) in [7, 11) is 1.68. The molecule has 0 aromatic heterocycles. The molecule has 1 heterocycles. The minimum Gasteiger partial charge on any atom is -0.495 e. The van der Waals surface area contributed by atoms with Gasteiger partial charge in [-0.2, -0.15) is 0 Å². The first kappa shape index (κ1) is 14.9. The zero-order valence-corrected chi connectivity index (χ0v) is 12.9. The molecule has 20 heavy (non-hydrogen) atoms. The first-order valence-electron chi connectivity index (χ1n) is 7.65. The van der Waals surface area contributed by atoms with Gasteiger partial charge in [0.2, 0.25) is 5.91 Å². The number of rotatable bonds is 5. The second-order valence-corrected chi connectivity index (χ2v) is 5.52. The Morgan fingerprint density at radius 3 is 2.85 bits per heavy atom. The van der Waals surface area contributed by atoms with Gasteiger partial charge in [-0.05, 0) is 43.4 Å². The maximum atomic E-state index is 12.5. The van der Waals surface area contributed by atoms with E-state index in [4.69, 9.17) is 4.74 Å². The van der Waals surface area contributed by atoms with Crippen LogP contribution in [-0.4, -0.2) is 19.6 Å². The van der Waals surface area contributed by atoms with Crippen molar-refractivity contribution in [3.63, 3.8) is 0 Å². The zero-order valence-electron chi connectivity index (χ0n) is 12.9. The molecule has 0 saturated carbocycles. The maximum Gasteiger partial charge on any atom is 0.227 e. The van der Waals surface area contributed by atoms with Gasteiger partial charge in [0.1, 0.15) is 5.75 Å². The molecular formula is C17H25NO2. The summed E-state index contributed by atoms with van der Waals surface area (Å²) in [6, 6.07) is 4.06. The lowest BCUT2D eigenvalue weighted by molar-refractivity contribution is -0.118. The van der Waals surface area contributed by atoms with E-state index in [2.05, 4.69) is 19.9 Å². The maximum absolute atomic E-state index is 12.5. The van der Waals surface area contributed by atoms with Crippen molar-refractivity contribution in [2.75, 3.05) is 18.6 Å². The number of amides is 1. The van der Waals surface area contributed by atoms with Crippen LogP contribution in [-0.2, 0) is 11.2 Å². The van der Waals surface area contributed by atoms with Crippen molar-refractivity contribution < 1.29 is 9.53 Å². The minimum atomic E-state index is 0.239. The first-order valence-corrected chi connectivity index (χ1v) is 7.65. The molecule has 0 radical (unpaired) electrons. The second kappa shape index (κ2) is 6.78. The number of fused-ring (bicyclic) bond motifs is 1. The van der Waals surface area contributed by atoms with Crippen LogP contribution in [0.2, 0.25) is 0 Å². The molecule has 0 N–H and O–H groups in total. The molecule has 0 bridgehead atoms. The molecular weight excluding hydrogens is 250 g/mol. The Kier molecular flexibility index (Phi) is 5.05. The van der Waals surface area contributed by atoms with E-state index < -0.39 is 0 Å². The number of ether oxygens (including phenoxy) is 1. The van der Waals surface area contributed by atoms with Crippen molar-refractivity contribution in [1.29, 1.82) is 0 Å². The zero-order chi connectivity index (χ0) is 14.5. The summed E-state index contributed by atoms with van der Waals surface area (Å²) >= 11 is 0. The number of carbonyl (C=O) groups is 1. The summed E-state index contributed by atoms with van der Waals surface area (Å²) in [5.74, 6) is 1.07. The number of aryl methyl sites for hydroxylation is 1. The van der Waals surface area contributed by atoms with Crippen molar-refractivity contribution in [1.82, 2.24) is 0 Å². The van der Waals surface area contributed by atoms with E-state index in [1.807, 2.05) is 11.0 Å². The molecule has 0 atom stereocenters. The Labute approximate surface area is 121 Å². The normalized spacial score (nSPS) is 14.1. The minimum absolute atomic E-state index is 0.239. The lowest BCUT2D eigenvalue weighted by atomic mass is 9.96. The number of unbranched alkanes of at least 4 members (excludes halogenated alkanes) is 2. The van der Waals surface area contributed by atoms with Gasteiger partial charge in [-0.25, -0.2) is 0 Å². The molecule has 3 heteroatoms. The van der Waals surface area contributed by atoms with Crippen LogP contribution in [0.3, 0.4) is 0 Å². The second-order valence-electron chi connectivity index (χ2n) is 5.52. The number of carbonyl (C=O) groups excluding carboxylic acids is 1. The molecule has 110 valence electrons. The summed E-state index contributed by atoms with van der Waals surface area (Å²) in [5, 5.41) is 0. The van der Waals surface area contributed by atoms with Crippen molar-refractivity contribution in [3.05, 3.63) is 23.3 Å². The van der Waals surface area contributed by atoms with Crippen molar-refractivity contribution in [2.45, 2.75) is 52.4 Å². The summed E-state index contributed by atoms with van der Waals surface area (Å²) in [4.78, 5) is 14.4. The number of nitrogens with zero attached hydrogens (tertiary/aromatic N) is 1. The highest BCUT2D eigenvalue weighted by molar-refractivity contribution is 5.96. The third-order valence-corrected chi connectivity index (χ3v) is 4.07. The van der Waals surface area contributed by atoms with E-state index in [0.29, 0.717) is 6.42 Å². The Morgan fingerprint density at radius 1 is 1.35 bits per heavy atom. The quantitative estimate of drug-likeness (QED) is 0.764. The predicted octanol–water partition coefficient (Wildman–Crippen LogP) is 3.86. The van der Waals surface area contributed by atoms with Gasteiger partial charge in [-0.3, -0.25) is 4.79 Å². The van der Waals surface area contributed by atoms with Crippen LogP contribution in [0.15, 0.2) is 12.1 Å². The van der Waals surface area contributed by atoms with Crippen molar-refractivity contribution in [3.8, 4) is 5.75 Å². The fourth-order valence-corrected chi connectivity index (χ4v) is 2.93. The summed E-state index contributed by atoms with van der Waals surface area (Å²) < 4.78 is 5.48. The molecule has 0 unspecified atom stereocenters. The molecule has 0 spiro atoms. The van der Waals surface area contributed by atoms with Crippen molar-refractivity contribution in [2.24, 2.45) is 0 Å². The predicted molar refractivity (Wildman–Crippen MR) is 82.5 cm³/mol. The van der Waals surface area contributed by atoms with E-state index in [0.717, 1.165) is 50.1 Å². The molecule has 3 nitrogen and oxygen atoms in total. The number of benzene rings is 1. The van der Waals surface area contributed by atoms with Gasteiger partial charge in [0.15, 0.2) is 0 Å². The van der Waals surface area contributed by atoms with E-state index in [1.54, 1.807) is 7.11 Å². The highest BCUT2D eigenvalue weighted by Crippen LogP contribution is 2.38. The van der Waals surface area contributed by atoms with Gasteiger partial charge in [0.05, 0.1) is 12.8 Å². The Balaban J connectivity index is 2.27. The summed E-state index contributed by atoms with van der Waals surface area (Å²) in [6.07, 6.45) is 5.97. The SMILES string of the molecule is CCCCCC(=O)N1CCCc2c(C)ccc(OC)c21. The fraction of sp³-hybridized carbons (Fsp3) is 0.588. The van der Waals surface area contributed by atoms with Gasteiger partial charge >= 0.3 is 0 Å². The molecule has 1 aliphatic heterocycles. The molecule has 0 aliphatic carbocycles. The van der Waals surface area contributed by atoms with Crippen LogP contribution >= 0.6 is 0 Å². The van der Waals surface area contributed by atoms with E-state index >= 15 is 0 Å². The van der Waals surface area contributed by atoms with Gasteiger partial charge in [-0.15, -0.1) is 0 Å². The Bertz CT molecular complexity index is 482. The van der Waals surface area contributed by atoms with E-state index in [1.165, 1.54) is 11.1 Å². The third-order valence-electron chi connectivity index (χ3n) is 4.07. The van der Waals surface area contributed by atoms with Gasteiger partial charge in [-0.1, -0.05) is 25.8 Å². The Morgan fingerprint density at radius 2 is 2.15 bits per heavy atom. The fourth-order valence-electron chi connectivity index (χ4n) is 2.93. The average molecular weight is 275 g/mol. The number of hydrogen-bond acceptors (Lipinski definition) is 2. The van der Waals surface area contributed by atoms with Crippen LogP contribution in [0.5, 0.6) is 5.75 Å². The standard InChI is InChI=1S/C17H25NO2/c1-4-5-6-9-16(19)18-12-7-8-14-13(2)10-11-15(20-3)17(14)18/h10-11H,4-9,12H2,1-3H3. The van der Waals surface area contributed by atoms with Crippen LogP contribution in [0, 0.1) is 6.92 Å². The lowest BCUT2D eigenvalue weighted by Gasteiger charge is -2.32.